The zero-order chi connectivity index (χ0) is 14.3. The Balaban J connectivity index is 3.01. The van der Waals surface area contributed by atoms with E-state index in [1.807, 2.05) is 0 Å². The van der Waals surface area contributed by atoms with Crippen molar-refractivity contribution in [2.45, 2.75) is 20.3 Å². The van der Waals surface area contributed by atoms with E-state index in [0.717, 1.165) is 0 Å². The molecule has 0 bridgehead atoms. The predicted octanol–water partition coefficient (Wildman–Crippen LogP) is 1.98. The highest BCUT2D eigenvalue weighted by atomic mass is 16.5. The molecule has 0 fully saturated rings. The molecule has 0 atom stereocenters. The molecular formula is C14H18O5. The van der Waals surface area contributed by atoms with Gasteiger partial charge in [0.05, 0.1) is 32.3 Å². The highest BCUT2D eigenvalue weighted by Crippen LogP contribution is 2.19. The van der Waals surface area contributed by atoms with Crippen molar-refractivity contribution in [2.24, 2.45) is 0 Å². The maximum atomic E-state index is 11.8. The Kier molecular flexibility index (Phi) is 5.85. The minimum Gasteiger partial charge on any atom is -0.497 e. The molecule has 0 aliphatic carbocycles. The molecule has 19 heavy (non-hydrogen) atoms. The molecule has 1 aromatic carbocycles. The number of rotatable bonds is 6. The van der Waals surface area contributed by atoms with Crippen molar-refractivity contribution in [1.29, 1.82) is 0 Å². The largest absolute Gasteiger partial charge is 0.497 e. The smallest absolute Gasteiger partial charge is 0.338 e. The third-order valence-corrected chi connectivity index (χ3v) is 2.45. The number of esters is 2. The van der Waals surface area contributed by atoms with E-state index in [4.69, 9.17) is 14.2 Å². The van der Waals surface area contributed by atoms with Crippen molar-refractivity contribution in [3.63, 3.8) is 0 Å². The molecule has 1 aromatic rings. The fourth-order valence-electron chi connectivity index (χ4n) is 1.60. The molecule has 5 nitrogen and oxygen atoms in total. The van der Waals surface area contributed by atoms with E-state index >= 15 is 0 Å². The molecule has 0 radical (unpaired) electrons. The second-order valence-corrected chi connectivity index (χ2v) is 3.73. The maximum Gasteiger partial charge on any atom is 0.338 e. The van der Waals surface area contributed by atoms with Crippen molar-refractivity contribution >= 4 is 11.9 Å². The van der Waals surface area contributed by atoms with Crippen LogP contribution >= 0.6 is 0 Å². The summed E-state index contributed by atoms with van der Waals surface area (Å²) in [4.78, 5) is 23.3. The molecule has 0 spiro atoms. The lowest BCUT2D eigenvalue weighted by molar-refractivity contribution is -0.142. The van der Waals surface area contributed by atoms with Gasteiger partial charge in [0.15, 0.2) is 0 Å². The van der Waals surface area contributed by atoms with Gasteiger partial charge in [-0.1, -0.05) is 6.07 Å². The molecule has 0 saturated heterocycles. The summed E-state index contributed by atoms with van der Waals surface area (Å²) in [5.74, 6) is -0.311. The number of hydrogen-bond acceptors (Lipinski definition) is 5. The second kappa shape index (κ2) is 7.41. The van der Waals surface area contributed by atoms with Gasteiger partial charge in [0.2, 0.25) is 0 Å². The van der Waals surface area contributed by atoms with Gasteiger partial charge in [-0.3, -0.25) is 4.79 Å². The molecule has 0 saturated carbocycles. The van der Waals surface area contributed by atoms with Crippen LogP contribution in [-0.2, 0) is 20.7 Å². The van der Waals surface area contributed by atoms with Gasteiger partial charge in [-0.15, -0.1) is 0 Å². The Labute approximate surface area is 112 Å². The van der Waals surface area contributed by atoms with Gasteiger partial charge in [-0.2, -0.15) is 0 Å². The third kappa shape index (κ3) is 4.28. The quantitative estimate of drug-likeness (QED) is 0.737. The Morgan fingerprint density at radius 2 is 1.79 bits per heavy atom. The van der Waals surface area contributed by atoms with E-state index in [2.05, 4.69) is 0 Å². The molecule has 0 aliphatic heterocycles. The summed E-state index contributed by atoms with van der Waals surface area (Å²) < 4.78 is 14.9. The molecule has 0 unspecified atom stereocenters. The Morgan fingerprint density at radius 3 is 2.37 bits per heavy atom. The number of benzene rings is 1. The van der Waals surface area contributed by atoms with Crippen LogP contribution in [0.15, 0.2) is 18.2 Å². The lowest BCUT2D eigenvalue weighted by Gasteiger charge is -2.10. The molecule has 0 aliphatic rings. The van der Waals surface area contributed by atoms with Crippen LogP contribution in [0.3, 0.4) is 0 Å². The summed E-state index contributed by atoms with van der Waals surface area (Å²) in [6.07, 6.45) is 0.0337. The zero-order valence-electron chi connectivity index (χ0n) is 11.4. The molecule has 0 amide bonds. The first-order valence-electron chi connectivity index (χ1n) is 6.12. The van der Waals surface area contributed by atoms with Gasteiger partial charge < -0.3 is 14.2 Å². The van der Waals surface area contributed by atoms with E-state index in [-0.39, 0.29) is 19.0 Å². The minimum absolute atomic E-state index is 0.0337. The first-order chi connectivity index (χ1) is 9.12. The number of methoxy groups -OCH3 is 1. The van der Waals surface area contributed by atoms with Crippen LogP contribution in [0.1, 0.15) is 29.8 Å². The topological polar surface area (TPSA) is 61.8 Å². The number of carbonyl (C=O) groups excluding carboxylic acids is 2. The standard InChI is InChI=1S/C14H18O5/c1-4-18-13(15)8-10-6-7-11(17-3)9-12(10)14(16)19-5-2/h6-7,9H,4-5,8H2,1-3H3. The molecule has 0 aromatic heterocycles. The van der Waals surface area contributed by atoms with Gasteiger partial charge in [-0.05, 0) is 31.5 Å². The fraction of sp³-hybridized carbons (Fsp3) is 0.429. The van der Waals surface area contributed by atoms with E-state index in [9.17, 15) is 9.59 Å². The SMILES string of the molecule is CCOC(=O)Cc1ccc(OC)cc1C(=O)OCC. The van der Waals surface area contributed by atoms with E-state index in [1.54, 1.807) is 32.0 Å². The van der Waals surface area contributed by atoms with Crippen LogP contribution in [0.2, 0.25) is 0 Å². The van der Waals surface area contributed by atoms with Crippen molar-refractivity contribution in [3.8, 4) is 5.75 Å². The predicted molar refractivity (Wildman–Crippen MR) is 69.3 cm³/mol. The summed E-state index contributed by atoms with van der Waals surface area (Å²) in [6.45, 7) is 4.04. The highest BCUT2D eigenvalue weighted by molar-refractivity contribution is 5.93. The Morgan fingerprint density at radius 1 is 1.11 bits per heavy atom. The molecule has 1 rings (SSSR count). The summed E-state index contributed by atoms with van der Waals surface area (Å²) in [7, 11) is 1.51. The van der Waals surface area contributed by atoms with Crippen LogP contribution in [-0.4, -0.2) is 32.3 Å². The molecule has 5 heteroatoms. The number of ether oxygens (including phenoxy) is 3. The average molecular weight is 266 g/mol. The van der Waals surface area contributed by atoms with Crippen LogP contribution in [0, 0.1) is 0 Å². The van der Waals surface area contributed by atoms with Gasteiger partial charge in [0.25, 0.3) is 0 Å². The van der Waals surface area contributed by atoms with Crippen molar-refractivity contribution < 1.29 is 23.8 Å². The number of carbonyl (C=O) groups is 2. The van der Waals surface area contributed by atoms with Crippen molar-refractivity contribution in [3.05, 3.63) is 29.3 Å². The Bertz CT molecular complexity index is 453. The zero-order valence-corrected chi connectivity index (χ0v) is 11.4. The van der Waals surface area contributed by atoms with E-state index in [0.29, 0.717) is 23.5 Å². The number of hydrogen-bond donors (Lipinski definition) is 0. The van der Waals surface area contributed by atoms with Gasteiger partial charge in [-0.25, -0.2) is 4.79 Å². The van der Waals surface area contributed by atoms with Crippen LogP contribution in [0.4, 0.5) is 0 Å². The average Bonchev–Trinajstić information content (AvgIpc) is 2.39. The van der Waals surface area contributed by atoms with Gasteiger partial charge in [0.1, 0.15) is 5.75 Å². The fourth-order valence-corrected chi connectivity index (χ4v) is 1.60. The van der Waals surface area contributed by atoms with Gasteiger partial charge >= 0.3 is 11.9 Å². The van der Waals surface area contributed by atoms with Crippen LogP contribution in [0.25, 0.3) is 0 Å². The van der Waals surface area contributed by atoms with Crippen LogP contribution in [0.5, 0.6) is 5.75 Å². The lowest BCUT2D eigenvalue weighted by atomic mass is 10.0. The first kappa shape index (κ1) is 15.0. The molecular weight excluding hydrogens is 248 g/mol. The highest BCUT2D eigenvalue weighted by Gasteiger charge is 2.16. The monoisotopic (exact) mass is 266 g/mol. The first-order valence-corrected chi connectivity index (χ1v) is 6.12. The van der Waals surface area contributed by atoms with Crippen molar-refractivity contribution in [2.75, 3.05) is 20.3 Å². The Hall–Kier alpha value is -2.04. The molecule has 0 heterocycles. The van der Waals surface area contributed by atoms with Crippen molar-refractivity contribution in [1.82, 2.24) is 0 Å². The molecule has 104 valence electrons. The summed E-state index contributed by atoms with van der Waals surface area (Å²) in [5.41, 5.74) is 0.895. The minimum atomic E-state index is -0.472. The van der Waals surface area contributed by atoms with Gasteiger partial charge in [0, 0.05) is 0 Å². The summed E-state index contributed by atoms with van der Waals surface area (Å²) in [6, 6.07) is 4.92. The third-order valence-electron chi connectivity index (χ3n) is 2.45. The second-order valence-electron chi connectivity index (χ2n) is 3.73. The lowest BCUT2D eigenvalue weighted by Crippen LogP contribution is -2.13. The summed E-state index contributed by atoms with van der Waals surface area (Å²) in [5, 5.41) is 0. The van der Waals surface area contributed by atoms with Crippen LogP contribution < -0.4 is 4.74 Å². The van der Waals surface area contributed by atoms with E-state index < -0.39 is 5.97 Å². The maximum absolute atomic E-state index is 11.8. The van der Waals surface area contributed by atoms with E-state index in [1.165, 1.54) is 7.11 Å². The normalized spacial score (nSPS) is 9.84. The molecule has 0 N–H and O–H groups in total. The summed E-state index contributed by atoms with van der Waals surface area (Å²) >= 11 is 0.